The SMILES string of the molecule is CCCCCCCCCCCCCCCCCCC(=O)O[C@H](COC(=O)CCCCCCCCCCCCCCCCC)COP(=O)(O)OC[C@@H](O)COP(=O)(O)OC[C@@H](COC(=O)CCCCCCCCCCCCC)OC(=O)CCCCCCCCCCC(C)C. The maximum atomic E-state index is 13.1. The fraction of sp³-hybridized carbons (Fsp3) is 0.946. The number of hydrogen-bond acceptors (Lipinski definition) is 15. The minimum Gasteiger partial charge on any atom is -0.462 e. The van der Waals surface area contributed by atoms with Crippen LogP contribution < -0.4 is 0 Å². The van der Waals surface area contributed by atoms with Crippen LogP contribution in [0.15, 0.2) is 0 Å². The molecule has 0 saturated carbocycles. The molecule has 0 aromatic carbocycles. The maximum absolute atomic E-state index is 13.1. The Morgan fingerprint density at radius 3 is 0.731 bits per heavy atom. The predicted molar refractivity (Wildman–Crippen MR) is 377 cm³/mol. The van der Waals surface area contributed by atoms with E-state index in [2.05, 4.69) is 34.6 Å². The molecular weight excluding hydrogens is 1220 g/mol. The van der Waals surface area contributed by atoms with Gasteiger partial charge in [-0.2, -0.15) is 0 Å². The van der Waals surface area contributed by atoms with Gasteiger partial charge in [-0.3, -0.25) is 37.3 Å². The zero-order valence-electron chi connectivity index (χ0n) is 60.4. The summed E-state index contributed by atoms with van der Waals surface area (Å²) < 4.78 is 68.4. The van der Waals surface area contributed by atoms with Crippen molar-refractivity contribution in [1.29, 1.82) is 0 Å². The van der Waals surface area contributed by atoms with E-state index in [9.17, 15) is 43.2 Å². The molecule has 0 radical (unpaired) electrons. The molecule has 93 heavy (non-hydrogen) atoms. The average molecular weight is 1370 g/mol. The van der Waals surface area contributed by atoms with Crippen LogP contribution in [0.4, 0.5) is 0 Å². The lowest BCUT2D eigenvalue weighted by Gasteiger charge is -2.21. The zero-order chi connectivity index (χ0) is 68.4. The molecule has 19 heteroatoms. The van der Waals surface area contributed by atoms with Crippen molar-refractivity contribution >= 4 is 39.5 Å². The number of esters is 4. The normalized spacial score (nSPS) is 14.0. The van der Waals surface area contributed by atoms with E-state index in [4.69, 9.17) is 37.0 Å². The highest BCUT2D eigenvalue weighted by atomic mass is 31.2. The number of phosphoric ester groups is 2. The maximum Gasteiger partial charge on any atom is 0.472 e. The topological polar surface area (TPSA) is 237 Å². The molecule has 0 saturated heterocycles. The largest absolute Gasteiger partial charge is 0.472 e. The Labute approximate surface area is 568 Å². The van der Waals surface area contributed by atoms with Crippen molar-refractivity contribution in [3.63, 3.8) is 0 Å². The first kappa shape index (κ1) is 91.1. The molecule has 5 atom stereocenters. The summed E-state index contributed by atoms with van der Waals surface area (Å²) in [6.07, 6.45) is 55.4. The highest BCUT2D eigenvalue weighted by molar-refractivity contribution is 7.47. The fourth-order valence-electron chi connectivity index (χ4n) is 11.4. The van der Waals surface area contributed by atoms with E-state index in [1.807, 2.05) is 0 Å². The molecule has 0 aromatic rings. The summed E-state index contributed by atoms with van der Waals surface area (Å²) in [7, 11) is -9.91. The van der Waals surface area contributed by atoms with E-state index in [1.54, 1.807) is 0 Å². The van der Waals surface area contributed by atoms with Gasteiger partial charge in [-0.1, -0.05) is 336 Å². The molecule has 0 fully saturated rings. The zero-order valence-corrected chi connectivity index (χ0v) is 62.2. The Morgan fingerprint density at radius 2 is 0.495 bits per heavy atom. The highest BCUT2D eigenvalue weighted by Gasteiger charge is 2.30. The fourth-order valence-corrected chi connectivity index (χ4v) is 12.9. The van der Waals surface area contributed by atoms with E-state index in [1.165, 1.54) is 212 Å². The van der Waals surface area contributed by atoms with Crippen molar-refractivity contribution in [3.8, 4) is 0 Å². The molecule has 17 nitrogen and oxygen atoms in total. The van der Waals surface area contributed by atoms with E-state index in [0.717, 1.165) is 95.8 Å². The van der Waals surface area contributed by atoms with Crippen LogP contribution >= 0.6 is 15.6 Å². The summed E-state index contributed by atoms with van der Waals surface area (Å²) in [6.45, 7) is 7.24. The van der Waals surface area contributed by atoms with Crippen molar-refractivity contribution in [1.82, 2.24) is 0 Å². The number of phosphoric acid groups is 2. The van der Waals surface area contributed by atoms with Crippen LogP contribution in [0.25, 0.3) is 0 Å². The Morgan fingerprint density at radius 1 is 0.290 bits per heavy atom. The van der Waals surface area contributed by atoms with Crippen molar-refractivity contribution in [2.45, 2.75) is 406 Å². The quantitative estimate of drug-likeness (QED) is 0.0222. The smallest absolute Gasteiger partial charge is 0.462 e. The molecular formula is C74H144O17P2. The Kier molecular flexibility index (Phi) is 65.9. The average Bonchev–Trinajstić information content (AvgIpc) is 1.82. The molecule has 2 unspecified atom stereocenters. The first-order chi connectivity index (χ1) is 45.0. The van der Waals surface area contributed by atoms with Gasteiger partial charge in [-0.05, 0) is 31.6 Å². The van der Waals surface area contributed by atoms with Gasteiger partial charge in [0.2, 0.25) is 0 Å². The van der Waals surface area contributed by atoms with Gasteiger partial charge >= 0.3 is 39.5 Å². The third kappa shape index (κ3) is 68.4. The van der Waals surface area contributed by atoms with Crippen LogP contribution in [0.3, 0.4) is 0 Å². The number of carbonyl (C=O) groups excluding carboxylic acids is 4. The molecule has 0 aliphatic carbocycles. The van der Waals surface area contributed by atoms with Gasteiger partial charge < -0.3 is 33.8 Å². The number of aliphatic hydroxyl groups excluding tert-OH is 1. The van der Waals surface area contributed by atoms with Crippen molar-refractivity contribution in [2.24, 2.45) is 5.92 Å². The first-order valence-corrected chi connectivity index (χ1v) is 41.6. The first-order valence-electron chi connectivity index (χ1n) is 38.6. The van der Waals surface area contributed by atoms with E-state index in [0.29, 0.717) is 25.7 Å². The summed E-state index contributed by atoms with van der Waals surface area (Å²) >= 11 is 0. The van der Waals surface area contributed by atoms with Gasteiger partial charge in [0.1, 0.15) is 19.3 Å². The summed E-state index contributed by atoms with van der Waals surface area (Å²) in [5, 5.41) is 10.6. The standard InChI is InChI=1S/C74H144O17P2/c1-6-9-12-15-18-21-24-26-28-30-32-35-38-44-49-54-59-73(78)90-69(63-85-72(77)58-53-48-43-37-34-31-29-27-25-22-19-16-13-10-7-2)65-88-92(80,81)86-61-68(75)62-87-93(82,83)89-66-70(91-74(79)60-55-50-45-40-39-41-46-51-56-67(4)5)64-84-71(76)57-52-47-42-36-33-23-20-17-14-11-8-3/h67-70,75H,6-66H2,1-5H3,(H,80,81)(H,82,83)/t68-,69-,70-/m1/s1. The highest BCUT2D eigenvalue weighted by Crippen LogP contribution is 2.45. The number of ether oxygens (including phenoxy) is 4. The number of unbranched alkanes of at least 4 members (excludes halogenated alkanes) is 46. The Hall–Kier alpha value is -1.94. The van der Waals surface area contributed by atoms with Gasteiger partial charge in [0, 0.05) is 25.7 Å². The second-order valence-corrected chi connectivity index (χ2v) is 30.1. The lowest BCUT2D eigenvalue weighted by Crippen LogP contribution is -2.30. The molecule has 0 amide bonds. The molecule has 0 spiro atoms. The molecule has 0 aliphatic heterocycles. The van der Waals surface area contributed by atoms with Gasteiger partial charge in [0.05, 0.1) is 26.4 Å². The third-order valence-corrected chi connectivity index (χ3v) is 19.2. The summed E-state index contributed by atoms with van der Waals surface area (Å²) in [6, 6.07) is 0. The molecule has 0 aliphatic rings. The summed E-state index contributed by atoms with van der Waals surface area (Å²) in [4.78, 5) is 72.7. The number of aliphatic hydroxyl groups is 1. The molecule has 0 rings (SSSR count). The molecule has 0 heterocycles. The van der Waals surface area contributed by atoms with Crippen LogP contribution in [-0.4, -0.2) is 96.7 Å². The monoisotopic (exact) mass is 1370 g/mol. The lowest BCUT2D eigenvalue weighted by atomic mass is 10.0. The van der Waals surface area contributed by atoms with Gasteiger partial charge in [0.25, 0.3) is 0 Å². The summed E-state index contributed by atoms with van der Waals surface area (Å²) in [5.41, 5.74) is 0. The number of hydrogen-bond donors (Lipinski definition) is 3. The van der Waals surface area contributed by atoms with Crippen LogP contribution in [0, 0.1) is 5.92 Å². The predicted octanol–water partition coefficient (Wildman–Crippen LogP) is 21.7. The van der Waals surface area contributed by atoms with Crippen LogP contribution in [-0.2, 0) is 65.4 Å². The van der Waals surface area contributed by atoms with Crippen LogP contribution in [0.1, 0.15) is 388 Å². The minimum atomic E-state index is -4.95. The van der Waals surface area contributed by atoms with E-state index >= 15 is 0 Å². The van der Waals surface area contributed by atoms with Crippen LogP contribution in [0.2, 0.25) is 0 Å². The van der Waals surface area contributed by atoms with Crippen LogP contribution in [0.5, 0.6) is 0 Å². The Balaban J connectivity index is 5.24. The molecule has 3 N–H and O–H groups in total. The molecule has 0 bridgehead atoms. The molecule has 552 valence electrons. The van der Waals surface area contributed by atoms with Gasteiger partial charge in [0.15, 0.2) is 12.2 Å². The summed E-state index contributed by atoms with van der Waals surface area (Å²) in [5.74, 6) is -1.40. The number of rotatable bonds is 74. The van der Waals surface area contributed by atoms with Crippen molar-refractivity contribution in [2.75, 3.05) is 39.6 Å². The number of carbonyl (C=O) groups is 4. The van der Waals surface area contributed by atoms with Crippen molar-refractivity contribution < 1.29 is 80.2 Å². The second-order valence-electron chi connectivity index (χ2n) is 27.2. The van der Waals surface area contributed by atoms with E-state index < -0.39 is 97.5 Å². The van der Waals surface area contributed by atoms with Gasteiger partial charge in [-0.25, -0.2) is 9.13 Å². The lowest BCUT2D eigenvalue weighted by molar-refractivity contribution is -0.161. The Bertz CT molecular complexity index is 1790. The minimum absolute atomic E-state index is 0.105. The second kappa shape index (κ2) is 67.3. The third-order valence-electron chi connectivity index (χ3n) is 17.3. The van der Waals surface area contributed by atoms with Gasteiger partial charge in [-0.15, -0.1) is 0 Å². The molecule has 0 aromatic heterocycles. The van der Waals surface area contributed by atoms with Crippen molar-refractivity contribution in [3.05, 3.63) is 0 Å². The van der Waals surface area contributed by atoms with E-state index in [-0.39, 0.29) is 25.7 Å².